The van der Waals surface area contributed by atoms with Crippen molar-refractivity contribution < 1.29 is 13.9 Å². The summed E-state index contributed by atoms with van der Waals surface area (Å²) in [6.07, 6.45) is 0. The molecule has 0 saturated heterocycles. The predicted octanol–water partition coefficient (Wildman–Crippen LogP) is 1.82. The highest BCUT2D eigenvalue weighted by Gasteiger charge is 2.07. The van der Waals surface area contributed by atoms with Crippen LogP contribution in [0, 0.1) is 0 Å². The van der Waals surface area contributed by atoms with Crippen LogP contribution in [0.2, 0.25) is 0 Å². The average Bonchev–Trinajstić information content (AvgIpc) is 2.70. The first kappa shape index (κ1) is 11.8. The molecule has 17 heavy (non-hydrogen) atoms. The summed E-state index contributed by atoms with van der Waals surface area (Å²) in [7, 11) is 1.37. The maximum Gasteiger partial charge on any atom is 0.315 e. The number of thioether (sulfide) groups is 1. The number of hydrogen-bond donors (Lipinski definition) is 1. The first-order valence-electron chi connectivity index (χ1n) is 4.98. The lowest BCUT2D eigenvalue weighted by Crippen LogP contribution is -2.03. The first-order chi connectivity index (χ1) is 8.19. The molecule has 0 radical (unpaired) electrons. The fourth-order valence-corrected chi connectivity index (χ4v) is 2.02. The van der Waals surface area contributed by atoms with Gasteiger partial charge < -0.3 is 14.9 Å². The Bertz CT molecular complexity index is 538. The van der Waals surface area contributed by atoms with Gasteiger partial charge in [-0.1, -0.05) is 0 Å². The molecular formula is C11H12N2O3S. The molecule has 90 valence electrons. The summed E-state index contributed by atoms with van der Waals surface area (Å²) in [6, 6.07) is 5.32. The van der Waals surface area contributed by atoms with Gasteiger partial charge in [0, 0.05) is 11.8 Å². The second-order valence-corrected chi connectivity index (χ2v) is 4.39. The van der Waals surface area contributed by atoms with E-state index in [2.05, 4.69) is 9.72 Å². The van der Waals surface area contributed by atoms with Crippen LogP contribution in [0.4, 0.5) is 5.69 Å². The van der Waals surface area contributed by atoms with Crippen LogP contribution in [0.3, 0.4) is 0 Å². The summed E-state index contributed by atoms with van der Waals surface area (Å²) < 4.78 is 10.0. The summed E-state index contributed by atoms with van der Waals surface area (Å²) in [5.74, 6) is 1.15. The van der Waals surface area contributed by atoms with E-state index in [1.807, 2.05) is 6.07 Å². The Morgan fingerprint density at radius 1 is 1.59 bits per heavy atom. The lowest BCUT2D eigenvalue weighted by Gasteiger charge is -1.96. The molecule has 1 aromatic carbocycles. The lowest BCUT2D eigenvalue weighted by atomic mass is 10.3. The number of nitrogens with zero attached hydrogens (tertiary/aromatic N) is 1. The summed E-state index contributed by atoms with van der Waals surface area (Å²) in [4.78, 5) is 15.2. The van der Waals surface area contributed by atoms with Gasteiger partial charge in [0.15, 0.2) is 5.58 Å². The molecule has 0 aliphatic heterocycles. The van der Waals surface area contributed by atoms with E-state index < -0.39 is 0 Å². The standard InChI is InChI=1S/C11H12N2O3S/c1-15-11(14)6-17-5-10-13-8-3-2-7(12)4-9(8)16-10/h2-4H,5-6,12H2,1H3. The number of carbonyl (C=O) groups excluding carboxylic acids is 1. The third-order valence-electron chi connectivity index (χ3n) is 2.13. The summed E-state index contributed by atoms with van der Waals surface area (Å²) in [5, 5.41) is 0. The molecule has 0 fully saturated rings. The number of fused-ring (bicyclic) bond motifs is 1. The normalized spacial score (nSPS) is 10.6. The monoisotopic (exact) mass is 252 g/mol. The molecule has 0 saturated carbocycles. The molecule has 0 aliphatic carbocycles. The molecular weight excluding hydrogens is 240 g/mol. The van der Waals surface area contributed by atoms with Crippen molar-refractivity contribution in [1.29, 1.82) is 0 Å². The number of oxazole rings is 1. The number of nitrogens with two attached hydrogens (primary N) is 1. The van der Waals surface area contributed by atoms with Crippen molar-refractivity contribution in [3.8, 4) is 0 Å². The van der Waals surface area contributed by atoms with Crippen LogP contribution in [-0.4, -0.2) is 23.8 Å². The number of methoxy groups -OCH3 is 1. The van der Waals surface area contributed by atoms with E-state index in [1.165, 1.54) is 18.9 Å². The highest BCUT2D eigenvalue weighted by atomic mass is 32.2. The quantitative estimate of drug-likeness (QED) is 0.660. The van der Waals surface area contributed by atoms with Gasteiger partial charge in [0.1, 0.15) is 5.52 Å². The van der Waals surface area contributed by atoms with Crippen LogP contribution in [0.25, 0.3) is 11.1 Å². The fourth-order valence-electron chi connectivity index (χ4n) is 1.33. The molecule has 2 N–H and O–H groups in total. The maximum absolute atomic E-state index is 10.9. The number of esters is 1. The molecule has 0 unspecified atom stereocenters. The first-order valence-corrected chi connectivity index (χ1v) is 6.14. The van der Waals surface area contributed by atoms with Crippen molar-refractivity contribution in [2.24, 2.45) is 0 Å². The Labute approximate surface area is 102 Å². The number of anilines is 1. The van der Waals surface area contributed by atoms with Crippen molar-refractivity contribution in [3.05, 3.63) is 24.1 Å². The van der Waals surface area contributed by atoms with Gasteiger partial charge in [0.25, 0.3) is 0 Å². The number of rotatable bonds is 4. The second-order valence-electron chi connectivity index (χ2n) is 3.40. The number of aromatic nitrogens is 1. The highest BCUT2D eigenvalue weighted by molar-refractivity contribution is 7.99. The van der Waals surface area contributed by atoms with Crippen molar-refractivity contribution >= 4 is 34.5 Å². The largest absolute Gasteiger partial charge is 0.468 e. The van der Waals surface area contributed by atoms with Crippen LogP contribution in [0.15, 0.2) is 22.6 Å². The summed E-state index contributed by atoms with van der Waals surface area (Å²) >= 11 is 1.40. The van der Waals surface area contributed by atoms with Gasteiger partial charge in [-0.05, 0) is 12.1 Å². The minimum atomic E-state index is -0.254. The molecule has 6 heteroatoms. The SMILES string of the molecule is COC(=O)CSCc1nc2ccc(N)cc2o1. The van der Waals surface area contributed by atoms with Gasteiger partial charge in [-0.2, -0.15) is 0 Å². The van der Waals surface area contributed by atoms with Gasteiger partial charge in [-0.3, -0.25) is 4.79 Å². The maximum atomic E-state index is 10.9. The van der Waals surface area contributed by atoms with Gasteiger partial charge >= 0.3 is 5.97 Å². The van der Waals surface area contributed by atoms with Crippen LogP contribution in [-0.2, 0) is 15.3 Å². The predicted molar refractivity (Wildman–Crippen MR) is 66.6 cm³/mol. The zero-order valence-corrected chi connectivity index (χ0v) is 10.1. The topological polar surface area (TPSA) is 78.3 Å². The minimum Gasteiger partial charge on any atom is -0.468 e. The van der Waals surface area contributed by atoms with Crippen molar-refractivity contribution in [2.75, 3.05) is 18.6 Å². The number of carbonyl (C=O) groups is 1. The molecule has 0 atom stereocenters. The highest BCUT2D eigenvalue weighted by Crippen LogP contribution is 2.21. The van der Waals surface area contributed by atoms with Crippen LogP contribution >= 0.6 is 11.8 Å². The number of nitrogen functional groups attached to an aromatic ring is 1. The number of hydrogen-bond acceptors (Lipinski definition) is 6. The summed E-state index contributed by atoms with van der Waals surface area (Å²) in [5.41, 5.74) is 7.71. The molecule has 0 bridgehead atoms. The second kappa shape index (κ2) is 5.09. The van der Waals surface area contributed by atoms with Crippen LogP contribution in [0.5, 0.6) is 0 Å². The molecule has 5 nitrogen and oxygen atoms in total. The smallest absolute Gasteiger partial charge is 0.315 e. The Hall–Kier alpha value is -1.69. The number of benzene rings is 1. The fraction of sp³-hybridized carbons (Fsp3) is 0.273. The Kier molecular flexibility index (Phi) is 3.53. The van der Waals surface area contributed by atoms with Crippen LogP contribution < -0.4 is 5.73 Å². The molecule has 2 aromatic rings. The van der Waals surface area contributed by atoms with Gasteiger partial charge in [0.05, 0.1) is 18.6 Å². The summed E-state index contributed by atoms with van der Waals surface area (Å²) in [6.45, 7) is 0. The zero-order chi connectivity index (χ0) is 12.3. The Morgan fingerprint density at radius 2 is 2.41 bits per heavy atom. The van der Waals surface area contributed by atoms with E-state index in [1.54, 1.807) is 12.1 Å². The lowest BCUT2D eigenvalue weighted by molar-refractivity contribution is -0.137. The molecule has 2 rings (SSSR count). The van der Waals surface area contributed by atoms with Crippen molar-refractivity contribution in [1.82, 2.24) is 4.98 Å². The Balaban J connectivity index is 2.02. The molecule has 1 aromatic heterocycles. The van der Waals surface area contributed by atoms with E-state index in [4.69, 9.17) is 10.2 Å². The van der Waals surface area contributed by atoms with E-state index in [0.717, 1.165) is 5.52 Å². The van der Waals surface area contributed by atoms with Gasteiger partial charge in [0.2, 0.25) is 5.89 Å². The average molecular weight is 252 g/mol. The van der Waals surface area contributed by atoms with E-state index in [0.29, 0.717) is 22.9 Å². The van der Waals surface area contributed by atoms with Gasteiger partial charge in [-0.15, -0.1) is 11.8 Å². The third-order valence-corrected chi connectivity index (χ3v) is 3.02. The molecule has 0 spiro atoms. The Morgan fingerprint density at radius 3 is 3.18 bits per heavy atom. The molecule has 0 aliphatic rings. The third kappa shape index (κ3) is 2.91. The minimum absolute atomic E-state index is 0.254. The molecule has 1 heterocycles. The van der Waals surface area contributed by atoms with E-state index in [9.17, 15) is 4.79 Å². The van der Waals surface area contributed by atoms with Crippen molar-refractivity contribution in [3.63, 3.8) is 0 Å². The van der Waals surface area contributed by atoms with E-state index in [-0.39, 0.29) is 11.7 Å². The molecule has 0 amide bonds. The van der Waals surface area contributed by atoms with E-state index >= 15 is 0 Å². The zero-order valence-electron chi connectivity index (χ0n) is 9.30. The van der Waals surface area contributed by atoms with Crippen molar-refractivity contribution in [2.45, 2.75) is 5.75 Å². The van der Waals surface area contributed by atoms with Gasteiger partial charge in [-0.25, -0.2) is 4.98 Å². The number of ether oxygens (including phenoxy) is 1. The van der Waals surface area contributed by atoms with Crippen LogP contribution in [0.1, 0.15) is 5.89 Å².